The molecule has 5 rings (SSSR count). The van der Waals surface area contributed by atoms with Crippen LogP contribution in [0.5, 0.6) is 5.75 Å². The van der Waals surface area contributed by atoms with Crippen LogP contribution in [0.4, 0.5) is 20.3 Å². The molecule has 1 aliphatic heterocycles. The first-order valence-electron chi connectivity index (χ1n) is 13.5. The van der Waals surface area contributed by atoms with Gasteiger partial charge in [-0.15, -0.1) is 0 Å². The number of piperazine rings is 1. The normalized spacial score (nSPS) is 14.1. The maximum Gasteiger partial charge on any atom is 0.254 e. The van der Waals surface area contributed by atoms with Gasteiger partial charge < -0.3 is 15.0 Å². The van der Waals surface area contributed by atoms with E-state index < -0.39 is 11.6 Å². The number of anilines is 2. The zero-order chi connectivity index (χ0) is 28.8. The number of benzene rings is 2. The smallest absolute Gasteiger partial charge is 0.254 e. The Hall–Kier alpha value is -4.02. The fraction of sp³-hybridized carbons (Fsp3) is 0.300. The fourth-order valence-electron chi connectivity index (χ4n) is 4.82. The number of rotatable bonds is 10. The highest BCUT2D eigenvalue weighted by Gasteiger charge is 2.18. The van der Waals surface area contributed by atoms with Gasteiger partial charge in [0.25, 0.3) is 5.95 Å². The summed E-state index contributed by atoms with van der Waals surface area (Å²) in [7, 11) is 1.64. The van der Waals surface area contributed by atoms with Gasteiger partial charge in [0, 0.05) is 62.7 Å². The van der Waals surface area contributed by atoms with Crippen molar-refractivity contribution >= 4 is 29.2 Å². The molecule has 0 saturated carbocycles. The first kappa shape index (κ1) is 28.5. The van der Waals surface area contributed by atoms with Crippen molar-refractivity contribution in [2.45, 2.75) is 19.9 Å². The van der Waals surface area contributed by atoms with Gasteiger partial charge in [-0.25, -0.2) is 13.5 Å². The molecule has 0 bridgehead atoms. The lowest BCUT2D eigenvalue weighted by Crippen LogP contribution is -2.46. The Morgan fingerprint density at radius 1 is 1.00 bits per heavy atom. The van der Waals surface area contributed by atoms with E-state index in [1.54, 1.807) is 24.1 Å². The third-order valence-electron chi connectivity index (χ3n) is 6.99. The van der Waals surface area contributed by atoms with Gasteiger partial charge in [-0.05, 0) is 36.2 Å². The molecule has 0 amide bonds. The van der Waals surface area contributed by atoms with Crippen molar-refractivity contribution in [1.82, 2.24) is 24.6 Å². The highest BCUT2D eigenvalue weighted by Crippen LogP contribution is 2.21. The van der Waals surface area contributed by atoms with E-state index in [2.05, 4.69) is 44.4 Å². The highest BCUT2D eigenvalue weighted by atomic mass is 35.5. The molecule has 3 heterocycles. The molecule has 0 aliphatic carbocycles. The Morgan fingerprint density at radius 3 is 2.41 bits per heavy atom. The highest BCUT2D eigenvalue weighted by molar-refractivity contribution is 6.29. The van der Waals surface area contributed by atoms with Crippen LogP contribution in [0.3, 0.4) is 0 Å². The van der Waals surface area contributed by atoms with Gasteiger partial charge in [0.15, 0.2) is 0 Å². The summed E-state index contributed by atoms with van der Waals surface area (Å²) in [6.07, 6.45) is 6.70. The van der Waals surface area contributed by atoms with Crippen molar-refractivity contribution in [2.24, 2.45) is 0 Å². The number of ether oxygens (including phenoxy) is 1. The summed E-state index contributed by atoms with van der Waals surface area (Å²) in [4.78, 5) is 13.4. The SMILES string of the molecule is CCc1c(C=CCN2CCN(c3cc(F)cc(F)c3)CC2)cnn1-c1nc(Cl)cc(NCc2ccc(OC)cc2)n1. The van der Waals surface area contributed by atoms with Gasteiger partial charge >= 0.3 is 0 Å². The number of nitrogens with one attached hydrogen (secondary N) is 1. The van der Waals surface area contributed by atoms with Crippen LogP contribution < -0.4 is 15.0 Å². The third kappa shape index (κ3) is 7.20. The number of methoxy groups -OCH3 is 1. The molecule has 11 heteroatoms. The lowest BCUT2D eigenvalue weighted by molar-refractivity contribution is 0.284. The summed E-state index contributed by atoms with van der Waals surface area (Å²) >= 11 is 6.35. The second-order valence-electron chi connectivity index (χ2n) is 9.71. The van der Waals surface area contributed by atoms with Crippen LogP contribution in [-0.4, -0.2) is 64.5 Å². The molecule has 41 heavy (non-hydrogen) atoms. The van der Waals surface area contributed by atoms with E-state index in [1.807, 2.05) is 29.2 Å². The van der Waals surface area contributed by atoms with Gasteiger partial charge in [-0.1, -0.05) is 42.8 Å². The Balaban J connectivity index is 1.21. The van der Waals surface area contributed by atoms with Crippen molar-refractivity contribution in [1.29, 1.82) is 0 Å². The van der Waals surface area contributed by atoms with E-state index in [1.165, 1.54) is 12.1 Å². The van der Waals surface area contributed by atoms with Crippen molar-refractivity contribution in [2.75, 3.05) is 50.1 Å². The topological polar surface area (TPSA) is 71.3 Å². The molecule has 2 aromatic carbocycles. The molecule has 1 aliphatic rings. The van der Waals surface area contributed by atoms with Crippen LogP contribution in [0, 0.1) is 11.6 Å². The van der Waals surface area contributed by atoms with Gasteiger partial charge in [0.05, 0.1) is 19.0 Å². The first-order valence-corrected chi connectivity index (χ1v) is 13.9. The van der Waals surface area contributed by atoms with Gasteiger partial charge in [0.1, 0.15) is 28.4 Å². The molecule has 1 N–H and O–H groups in total. The van der Waals surface area contributed by atoms with E-state index in [0.717, 1.165) is 54.7 Å². The molecule has 0 atom stereocenters. The summed E-state index contributed by atoms with van der Waals surface area (Å²) in [5.74, 6) is 0.698. The zero-order valence-electron chi connectivity index (χ0n) is 23.0. The van der Waals surface area contributed by atoms with Crippen molar-refractivity contribution in [3.05, 3.63) is 94.4 Å². The summed E-state index contributed by atoms with van der Waals surface area (Å²) < 4.78 is 34.2. The molecular weight excluding hydrogens is 548 g/mol. The molecule has 214 valence electrons. The van der Waals surface area contributed by atoms with Crippen LogP contribution >= 0.6 is 11.6 Å². The standard InChI is InChI=1S/C30H32ClF2N7O/c1-3-27-22(5-4-10-38-11-13-39(14-12-38)25-16-23(32)15-24(33)17-25)20-35-40(27)30-36-28(31)18-29(37-30)34-19-21-6-8-26(41-2)9-7-21/h4-9,15-18,20H,3,10-14,19H2,1-2H3,(H,34,36,37). The van der Waals surface area contributed by atoms with E-state index >= 15 is 0 Å². The summed E-state index contributed by atoms with van der Waals surface area (Å²) in [6.45, 7) is 6.39. The fourth-order valence-corrected chi connectivity index (χ4v) is 5.00. The van der Waals surface area contributed by atoms with Crippen LogP contribution in [0.25, 0.3) is 12.0 Å². The van der Waals surface area contributed by atoms with E-state index in [0.29, 0.717) is 42.2 Å². The lowest BCUT2D eigenvalue weighted by Gasteiger charge is -2.35. The number of halogens is 3. The van der Waals surface area contributed by atoms with Gasteiger partial charge in [-0.2, -0.15) is 15.1 Å². The molecule has 2 aromatic heterocycles. The Kier molecular flexibility index (Phi) is 9.11. The molecule has 1 fully saturated rings. The largest absolute Gasteiger partial charge is 0.497 e. The number of nitrogens with zero attached hydrogens (tertiary/aromatic N) is 6. The predicted molar refractivity (Wildman–Crippen MR) is 158 cm³/mol. The Morgan fingerprint density at radius 2 is 1.73 bits per heavy atom. The Bertz CT molecular complexity index is 1480. The average molecular weight is 580 g/mol. The van der Waals surface area contributed by atoms with Crippen molar-refractivity contribution < 1.29 is 13.5 Å². The molecule has 0 unspecified atom stereocenters. The van der Waals surface area contributed by atoms with Crippen LogP contribution in [-0.2, 0) is 13.0 Å². The second-order valence-corrected chi connectivity index (χ2v) is 10.1. The van der Waals surface area contributed by atoms with E-state index in [-0.39, 0.29) is 0 Å². The van der Waals surface area contributed by atoms with Gasteiger partial charge in [-0.3, -0.25) is 4.90 Å². The number of hydrogen-bond acceptors (Lipinski definition) is 7. The lowest BCUT2D eigenvalue weighted by atomic mass is 10.2. The molecule has 4 aromatic rings. The first-order chi connectivity index (χ1) is 19.9. The maximum atomic E-state index is 13.6. The van der Waals surface area contributed by atoms with E-state index in [4.69, 9.17) is 16.3 Å². The molecule has 8 nitrogen and oxygen atoms in total. The maximum absolute atomic E-state index is 13.6. The van der Waals surface area contributed by atoms with Gasteiger partial charge in [0.2, 0.25) is 0 Å². The average Bonchev–Trinajstić information content (AvgIpc) is 3.39. The summed E-state index contributed by atoms with van der Waals surface area (Å²) in [5.41, 5.74) is 3.62. The van der Waals surface area contributed by atoms with Crippen LogP contribution in [0.15, 0.2) is 60.8 Å². The van der Waals surface area contributed by atoms with Crippen molar-refractivity contribution in [3.8, 4) is 11.7 Å². The van der Waals surface area contributed by atoms with E-state index in [9.17, 15) is 8.78 Å². The monoisotopic (exact) mass is 579 g/mol. The molecular formula is C30H32ClF2N7O. The number of aromatic nitrogens is 4. The minimum absolute atomic E-state index is 0.321. The third-order valence-corrected chi connectivity index (χ3v) is 7.18. The molecule has 1 saturated heterocycles. The molecule has 0 spiro atoms. The van der Waals surface area contributed by atoms with Crippen LogP contribution in [0.2, 0.25) is 5.15 Å². The van der Waals surface area contributed by atoms with Crippen molar-refractivity contribution in [3.63, 3.8) is 0 Å². The predicted octanol–water partition coefficient (Wildman–Crippen LogP) is 5.61. The van der Waals surface area contributed by atoms with Crippen LogP contribution in [0.1, 0.15) is 23.7 Å². The minimum atomic E-state index is -0.554. The summed E-state index contributed by atoms with van der Waals surface area (Å²) in [5, 5.41) is 8.19. The molecule has 0 radical (unpaired) electrons. The summed E-state index contributed by atoms with van der Waals surface area (Å²) in [6, 6.07) is 13.2. The quantitative estimate of drug-likeness (QED) is 0.245. The number of hydrogen-bond donors (Lipinski definition) is 1. The minimum Gasteiger partial charge on any atom is -0.497 e. The second kappa shape index (κ2) is 13.1. The zero-order valence-corrected chi connectivity index (χ0v) is 23.8. The Labute approximate surface area is 243 Å².